The molecule has 2 aromatic rings. The molecule has 0 spiro atoms. The number of carbonyl (C=O) groups excluding carboxylic acids is 1. The van der Waals surface area contributed by atoms with Crippen LogP contribution in [0.25, 0.3) is 10.2 Å². The summed E-state index contributed by atoms with van der Waals surface area (Å²) in [5, 5.41) is 1.27. The van der Waals surface area contributed by atoms with Gasteiger partial charge in [0.1, 0.15) is 10.9 Å². The number of ether oxygens (including phenoxy) is 1. The van der Waals surface area contributed by atoms with Gasteiger partial charge in [0.25, 0.3) is 5.56 Å². The molecule has 26 heavy (non-hydrogen) atoms. The second kappa shape index (κ2) is 7.72. The van der Waals surface area contributed by atoms with Gasteiger partial charge >= 0.3 is 5.97 Å². The third-order valence-corrected chi connectivity index (χ3v) is 7.35. The van der Waals surface area contributed by atoms with Gasteiger partial charge in [-0.3, -0.25) is 9.59 Å². The third-order valence-electron chi connectivity index (χ3n) is 5.32. The molecule has 5 nitrogen and oxygen atoms in total. The normalized spacial score (nSPS) is 23.0. The number of nitrogens with one attached hydrogen (secondary N) is 1. The van der Waals surface area contributed by atoms with E-state index in [9.17, 15) is 9.59 Å². The van der Waals surface area contributed by atoms with Gasteiger partial charge in [0, 0.05) is 4.88 Å². The van der Waals surface area contributed by atoms with Crippen LogP contribution in [0.2, 0.25) is 0 Å². The first kappa shape index (κ1) is 18.0. The number of hydrogen-bond donors (Lipinski definition) is 1. The molecule has 0 saturated heterocycles. The molecule has 0 aromatic carbocycles. The number of thiophene rings is 1. The van der Waals surface area contributed by atoms with E-state index in [4.69, 9.17) is 4.74 Å². The molecule has 2 aromatic heterocycles. The van der Waals surface area contributed by atoms with Crippen LogP contribution < -0.4 is 5.56 Å². The first-order valence-corrected chi connectivity index (χ1v) is 11.3. The Morgan fingerprint density at radius 1 is 1.31 bits per heavy atom. The smallest absolute Gasteiger partial charge is 0.316 e. The quantitative estimate of drug-likeness (QED) is 0.482. The van der Waals surface area contributed by atoms with E-state index in [-0.39, 0.29) is 23.4 Å². The number of aromatic amines is 1. The van der Waals surface area contributed by atoms with Crippen molar-refractivity contribution < 1.29 is 9.53 Å². The minimum atomic E-state index is -0.220. The molecule has 7 heteroatoms. The maximum atomic E-state index is 12.5. The first-order chi connectivity index (χ1) is 12.6. The highest BCUT2D eigenvalue weighted by Gasteiger charge is 2.23. The van der Waals surface area contributed by atoms with Gasteiger partial charge in [-0.2, -0.15) is 0 Å². The van der Waals surface area contributed by atoms with Crippen LogP contribution in [-0.4, -0.2) is 27.8 Å². The topological polar surface area (TPSA) is 72.0 Å². The molecule has 0 aliphatic heterocycles. The standard InChI is InChI=1S/C19H24N2O3S2/c1-11-5-4-6-12(9-11)24-15(22)10-25-19-20-17(23)16-13-7-2-3-8-14(13)26-18(16)21-19/h11-12H,2-10H2,1H3,(H,20,21,23)/t11-,12+/m0/s1. The maximum absolute atomic E-state index is 12.5. The summed E-state index contributed by atoms with van der Waals surface area (Å²) in [4.78, 5) is 34.2. The number of aromatic nitrogens is 2. The predicted molar refractivity (Wildman–Crippen MR) is 105 cm³/mol. The van der Waals surface area contributed by atoms with Gasteiger partial charge in [-0.15, -0.1) is 11.3 Å². The van der Waals surface area contributed by atoms with Gasteiger partial charge in [0.2, 0.25) is 0 Å². The van der Waals surface area contributed by atoms with Gasteiger partial charge in [0.15, 0.2) is 5.16 Å². The number of esters is 1. The molecule has 0 radical (unpaired) electrons. The molecule has 0 amide bonds. The lowest BCUT2D eigenvalue weighted by Crippen LogP contribution is -2.25. The van der Waals surface area contributed by atoms with Gasteiger partial charge < -0.3 is 9.72 Å². The molecular formula is C19H24N2O3S2. The van der Waals surface area contributed by atoms with Crippen LogP contribution >= 0.6 is 23.1 Å². The van der Waals surface area contributed by atoms with E-state index in [2.05, 4.69) is 16.9 Å². The van der Waals surface area contributed by atoms with Crippen LogP contribution in [0.4, 0.5) is 0 Å². The number of nitrogens with zero attached hydrogens (tertiary/aromatic N) is 1. The first-order valence-electron chi connectivity index (χ1n) is 9.47. The highest BCUT2D eigenvalue weighted by molar-refractivity contribution is 7.99. The van der Waals surface area contributed by atoms with Crippen LogP contribution in [0.1, 0.15) is 55.9 Å². The van der Waals surface area contributed by atoms with Crippen molar-refractivity contribution in [3.8, 4) is 0 Å². The molecule has 0 bridgehead atoms. The number of thioether (sulfide) groups is 1. The molecule has 140 valence electrons. The van der Waals surface area contributed by atoms with Crippen LogP contribution in [0.15, 0.2) is 9.95 Å². The van der Waals surface area contributed by atoms with Crippen molar-refractivity contribution >= 4 is 39.3 Å². The van der Waals surface area contributed by atoms with Crippen molar-refractivity contribution in [1.29, 1.82) is 0 Å². The Kier molecular flexibility index (Phi) is 5.36. The Labute approximate surface area is 160 Å². The summed E-state index contributed by atoms with van der Waals surface area (Å²) in [6.07, 6.45) is 8.65. The van der Waals surface area contributed by atoms with Crippen molar-refractivity contribution in [3.05, 3.63) is 20.8 Å². The average molecular weight is 393 g/mol. The molecular weight excluding hydrogens is 368 g/mol. The average Bonchev–Trinajstić information content (AvgIpc) is 2.99. The summed E-state index contributed by atoms with van der Waals surface area (Å²) in [5.74, 6) is 0.589. The van der Waals surface area contributed by atoms with Gasteiger partial charge in [-0.1, -0.05) is 25.1 Å². The molecule has 1 N–H and O–H groups in total. The van der Waals surface area contributed by atoms with E-state index >= 15 is 0 Å². The van der Waals surface area contributed by atoms with E-state index in [1.807, 2.05) is 0 Å². The number of aryl methyl sites for hydroxylation is 2. The lowest BCUT2D eigenvalue weighted by molar-refractivity contribution is -0.147. The van der Waals surface area contributed by atoms with Crippen molar-refractivity contribution in [2.75, 3.05) is 5.75 Å². The zero-order valence-corrected chi connectivity index (χ0v) is 16.6. The molecule has 0 unspecified atom stereocenters. The minimum Gasteiger partial charge on any atom is -0.462 e. The third kappa shape index (κ3) is 3.83. The lowest BCUT2D eigenvalue weighted by Gasteiger charge is -2.26. The van der Waals surface area contributed by atoms with E-state index in [0.29, 0.717) is 11.1 Å². The van der Waals surface area contributed by atoms with Gasteiger partial charge in [-0.25, -0.2) is 4.98 Å². The van der Waals surface area contributed by atoms with Crippen LogP contribution in [0.5, 0.6) is 0 Å². The number of H-pyrrole nitrogens is 1. The SMILES string of the molecule is C[C@H]1CCC[C@@H](OC(=O)CSc2nc3sc4c(c3c(=O)[nH]2)CCCC4)C1. The summed E-state index contributed by atoms with van der Waals surface area (Å²) in [6.45, 7) is 2.21. The molecule has 1 saturated carbocycles. The highest BCUT2D eigenvalue weighted by Crippen LogP contribution is 2.34. The molecule has 2 aliphatic rings. The Balaban J connectivity index is 1.42. The number of fused-ring (bicyclic) bond motifs is 3. The highest BCUT2D eigenvalue weighted by atomic mass is 32.2. The van der Waals surface area contributed by atoms with Crippen molar-refractivity contribution in [1.82, 2.24) is 9.97 Å². The minimum absolute atomic E-state index is 0.0466. The fourth-order valence-corrected chi connectivity index (χ4v) is 6.01. The zero-order chi connectivity index (χ0) is 18.1. The fourth-order valence-electron chi connectivity index (χ4n) is 4.05. The second-order valence-corrected chi connectivity index (χ2v) is 9.48. The maximum Gasteiger partial charge on any atom is 0.316 e. The van der Waals surface area contributed by atoms with Crippen LogP contribution in [0, 0.1) is 5.92 Å². The predicted octanol–water partition coefficient (Wildman–Crippen LogP) is 4.08. The Morgan fingerprint density at radius 2 is 2.15 bits per heavy atom. The van der Waals surface area contributed by atoms with E-state index in [1.54, 1.807) is 11.3 Å². The summed E-state index contributed by atoms with van der Waals surface area (Å²) >= 11 is 2.89. The Hall–Kier alpha value is -1.34. The molecule has 4 rings (SSSR count). The molecule has 2 aliphatic carbocycles. The summed E-state index contributed by atoms with van der Waals surface area (Å²) in [6, 6.07) is 0. The van der Waals surface area contributed by atoms with Gasteiger partial charge in [0.05, 0.1) is 11.1 Å². The van der Waals surface area contributed by atoms with E-state index in [1.165, 1.54) is 35.0 Å². The fraction of sp³-hybridized carbons (Fsp3) is 0.632. The van der Waals surface area contributed by atoms with Crippen LogP contribution in [-0.2, 0) is 22.4 Å². The van der Waals surface area contributed by atoms with Crippen molar-refractivity contribution in [3.63, 3.8) is 0 Å². The molecule has 2 atom stereocenters. The van der Waals surface area contributed by atoms with Crippen molar-refractivity contribution in [2.45, 2.75) is 69.6 Å². The van der Waals surface area contributed by atoms with Crippen LogP contribution in [0.3, 0.4) is 0 Å². The lowest BCUT2D eigenvalue weighted by atomic mass is 9.89. The number of carbonyl (C=O) groups is 1. The van der Waals surface area contributed by atoms with Gasteiger partial charge in [-0.05, 0) is 56.4 Å². The monoisotopic (exact) mass is 392 g/mol. The van der Waals surface area contributed by atoms with Crippen molar-refractivity contribution in [2.24, 2.45) is 5.92 Å². The van der Waals surface area contributed by atoms with E-state index in [0.717, 1.165) is 48.7 Å². The molecule has 1 fully saturated rings. The zero-order valence-electron chi connectivity index (χ0n) is 15.0. The largest absolute Gasteiger partial charge is 0.462 e. The summed E-state index contributed by atoms with van der Waals surface area (Å²) in [7, 11) is 0. The second-order valence-electron chi connectivity index (χ2n) is 7.43. The Bertz CT molecular complexity index is 874. The number of hydrogen-bond acceptors (Lipinski definition) is 6. The van der Waals surface area contributed by atoms with E-state index < -0.39 is 0 Å². The molecule has 2 heterocycles. The Morgan fingerprint density at radius 3 is 3.00 bits per heavy atom. The summed E-state index contributed by atoms with van der Waals surface area (Å²) in [5.41, 5.74) is 1.11. The summed E-state index contributed by atoms with van der Waals surface area (Å²) < 4.78 is 5.59. The number of rotatable bonds is 4.